The molecular formula is C21H21FN4O2. The van der Waals surface area contributed by atoms with Crippen LogP contribution in [0.4, 0.5) is 14.9 Å². The second-order valence-electron chi connectivity index (χ2n) is 6.99. The first-order chi connectivity index (χ1) is 13.6. The highest BCUT2D eigenvalue weighted by molar-refractivity contribution is 5.90. The maximum absolute atomic E-state index is 13.1. The Balaban J connectivity index is 1.44. The van der Waals surface area contributed by atoms with Gasteiger partial charge in [-0.05, 0) is 55.7 Å². The second kappa shape index (κ2) is 7.80. The van der Waals surface area contributed by atoms with E-state index >= 15 is 0 Å². The number of likely N-dealkylation sites (tertiary alicyclic amines) is 1. The third kappa shape index (κ3) is 3.88. The van der Waals surface area contributed by atoms with Crippen LogP contribution in [0.2, 0.25) is 0 Å². The zero-order valence-electron chi connectivity index (χ0n) is 15.6. The van der Waals surface area contributed by atoms with Gasteiger partial charge in [-0.3, -0.25) is 0 Å². The van der Waals surface area contributed by atoms with Crippen LogP contribution in [0.25, 0.3) is 11.4 Å². The Hall–Kier alpha value is -3.22. The van der Waals surface area contributed by atoms with E-state index in [9.17, 15) is 9.18 Å². The molecule has 0 aliphatic carbocycles. The molecule has 3 aromatic rings. The average Bonchev–Trinajstić information content (AvgIpc) is 3.21. The van der Waals surface area contributed by atoms with Gasteiger partial charge in [0.05, 0.1) is 5.92 Å². The molecule has 0 spiro atoms. The summed E-state index contributed by atoms with van der Waals surface area (Å²) in [5.41, 5.74) is 2.53. The number of hydrogen-bond donors (Lipinski definition) is 1. The number of carbonyl (C=O) groups is 1. The van der Waals surface area contributed by atoms with Gasteiger partial charge in [0, 0.05) is 24.3 Å². The minimum absolute atomic E-state index is 0.0157. The first-order valence-electron chi connectivity index (χ1n) is 9.31. The van der Waals surface area contributed by atoms with Crippen LogP contribution in [0, 0.1) is 12.7 Å². The number of urea groups is 1. The van der Waals surface area contributed by atoms with E-state index in [1.165, 1.54) is 12.1 Å². The lowest BCUT2D eigenvalue weighted by Crippen LogP contribution is -2.41. The monoisotopic (exact) mass is 380 g/mol. The Bertz CT molecular complexity index is 971. The fourth-order valence-electron chi connectivity index (χ4n) is 3.39. The molecular weight excluding hydrogens is 359 g/mol. The zero-order valence-corrected chi connectivity index (χ0v) is 15.6. The smallest absolute Gasteiger partial charge is 0.321 e. The van der Waals surface area contributed by atoms with Gasteiger partial charge in [0.2, 0.25) is 11.7 Å². The molecule has 0 unspecified atom stereocenters. The van der Waals surface area contributed by atoms with E-state index in [-0.39, 0.29) is 17.8 Å². The second-order valence-corrected chi connectivity index (χ2v) is 6.99. The summed E-state index contributed by atoms with van der Waals surface area (Å²) < 4.78 is 18.5. The van der Waals surface area contributed by atoms with E-state index < -0.39 is 0 Å². The Morgan fingerprint density at radius 3 is 2.79 bits per heavy atom. The molecule has 1 aliphatic rings. The van der Waals surface area contributed by atoms with E-state index in [0.717, 1.165) is 24.1 Å². The molecule has 1 aromatic heterocycles. The van der Waals surface area contributed by atoms with Gasteiger partial charge in [0.25, 0.3) is 0 Å². The van der Waals surface area contributed by atoms with E-state index in [0.29, 0.717) is 30.4 Å². The van der Waals surface area contributed by atoms with Crippen LogP contribution in [0.3, 0.4) is 0 Å². The highest BCUT2D eigenvalue weighted by atomic mass is 19.1. The summed E-state index contributed by atoms with van der Waals surface area (Å²) in [6, 6.07) is 13.5. The molecule has 1 aliphatic heterocycles. The van der Waals surface area contributed by atoms with Gasteiger partial charge in [-0.25, -0.2) is 9.18 Å². The van der Waals surface area contributed by atoms with Crippen LogP contribution in [0.1, 0.15) is 30.2 Å². The highest BCUT2D eigenvalue weighted by Crippen LogP contribution is 2.28. The number of rotatable bonds is 3. The number of amides is 2. The van der Waals surface area contributed by atoms with Crippen molar-refractivity contribution in [3.63, 3.8) is 0 Å². The number of aryl methyl sites for hydroxylation is 1. The molecule has 144 valence electrons. The molecule has 2 amide bonds. The van der Waals surface area contributed by atoms with Gasteiger partial charge in [0.1, 0.15) is 5.82 Å². The fourth-order valence-corrected chi connectivity index (χ4v) is 3.39. The molecule has 4 rings (SSSR count). The minimum atomic E-state index is -0.310. The maximum atomic E-state index is 13.1. The van der Waals surface area contributed by atoms with Crippen molar-refractivity contribution in [3.8, 4) is 11.4 Å². The number of carbonyl (C=O) groups excluding carboxylic acids is 1. The van der Waals surface area contributed by atoms with Gasteiger partial charge in [0.15, 0.2) is 0 Å². The van der Waals surface area contributed by atoms with Crippen molar-refractivity contribution in [2.24, 2.45) is 0 Å². The Morgan fingerprint density at radius 2 is 2.00 bits per heavy atom. The number of hydrogen-bond acceptors (Lipinski definition) is 4. The number of nitrogens with one attached hydrogen (secondary N) is 1. The van der Waals surface area contributed by atoms with Crippen LogP contribution >= 0.6 is 0 Å². The summed E-state index contributed by atoms with van der Waals surface area (Å²) in [4.78, 5) is 18.9. The fraction of sp³-hybridized carbons (Fsp3) is 0.286. The van der Waals surface area contributed by atoms with Crippen LogP contribution < -0.4 is 5.32 Å². The van der Waals surface area contributed by atoms with Gasteiger partial charge in [-0.1, -0.05) is 23.4 Å². The summed E-state index contributed by atoms with van der Waals surface area (Å²) in [5.74, 6) is 0.609. The largest absolute Gasteiger partial charge is 0.339 e. The van der Waals surface area contributed by atoms with E-state index in [1.807, 2.05) is 31.2 Å². The van der Waals surface area contributed by atoms with Crippen LogP contribution in [0.15, 0.2) is 53.1 Å². The Kier molecular flexibility index (Phi) is 5.06. The molecule has 1 fully saturated rings. The standard InChI is InChI=1S/C21H21FN4O2/c1-14-5-2-3-7-18(14)23-21(27)26-12-4-6-16(13-26)20-24-19(25-28-20)15-8-10-17(22)11-9-15/h2-3,5,7-11,16H,4,6,12-13H2,1H3,(H,23,27)/t16-/m0/s1. The van der Waals surface area contributed by atoms with E-state index in [2.05, 4.69) is 15.5 Å². The quantitative estimate of drug-likeness (QED) is 0.721. The molecule has 6 nitrogen and oxygen atoms in total. The number of halogens is 1. The van der Waals surface area contributed by atoms with Gasteiger partial charge in [-0.2, -0.15) is 4.98 Å². The van der Waals surface area contributed by atoms with Crippen LogP contribution in [-0.4, -0.2) is 34.2 Å². The highest BCUT2D eigenvalue weighted by Gasteiger charge is 2.29. The van der Waals surface area contributed by atoms with Crippen molar-refractivity contribution in [3.05, 3.63) is 65.8 Å². The molecule has 1 saturated heterocycles. The van der Waals surface area contributed by atoms with E-state index in [1.54, 1.807) is 17.0 Å². The number of piperidine rings is 1. The SMILES string of the molecule is Cc1ccccc1NC(=O)N1CCC[C@H](c2nc(-c3ccc(F)cc3)no2)C1. The molecule has 1 atom stereocenters. The summed E-state index contributed by atoms with van der Waals surface area (Å²) in [5, 5.41) is 6.99. The normalized spacial score (nSPS) is 16.8. The third-order valence-electron chi connectivity index (χ3n) is 4.99. The molecule has 2 heterocycles. The van der Waals surface area contributed by atoms with Crippen molar-refractivity contribution >= 4 is 11.7 Å². The van der Waals surface area contributed by atoms with Crippen molar-refractivity contribution in [2.45, 2.75) is 25.7 Å². The summed E-state index contributed by atoms with van der Waals surface area (Å²) >= 11 is 0. The van der Waals surface area contributed by atoms with Gasteiger partial charge >= 0.3 is 6.03 Å². The third-order valence-corrected chi connectivity index (χ3v) is 4.99. The number of nitrogens with zero attached hydrogens (tertiary/aromatic N) is 3. The Labute approximate surface area is 162 Å². The van der Waals surface area contributed by atoms with Crippen molar-refractivity contribution < 1.29 is 13.7 Å². The topological polar surface area (TPSA) is 71.3 Å². The number of benzene rings is 2. The molecule has 0 bridgehead atoms. The summed E-state index contributed by atoms with van der Waals surface area (Å²) in [7, 11) is 0. The van der Waals surface area contributed by atoms with Crippen LogP contribution in [-0.2, 0) is 0 Å². The van der Waals surface area contributed by atoms with Crippen LogP contribution in [0.5, 0.6) is 0 Å². The summed E-state index contributed by atoms with van der Waals surface area (Å²) in [6.45, 7) is 3.17. The minimum Gasteiger partial charge on any atom is -0.339 e. The maximum Gasteiger partial charge on any atom is 0.321 e. The molecule has 2 aromatic carbocycles. The van der Waals surface area contributed by atoms with Crippen molar-refractivity contribution in [1.29, 1.82) is 0 Å². The first-order valence-corrected chi connectivity index (χ1v) is 9.31. The lowest BCUT2D eigenvalue weighted by Gasteiger charge is -2.31. The zero-order chi connectivity index (χ0) is 19.5. The number of anilines is 1. The summed E-state index contributed by atoms with van der Waals surface area (Å²) in [6.07, 6.45) is 1.74. The van der Waals surface area contributed by atoms with E-state index in [4.69, 9.17) is 4.52 Å². The van der Waals surface area contributed by atoms with Crippen molar-refractivity contribution in [2.75, 3.05) is 18.4 Å². The Morgan fingerprint density at radius 1 is 1.21 bits per heavy atom. The molecule has 7 heteroatoms. The average molecular weight is 380 g/mol. The molecule has 0 saturated carbocycles. The predicted octanol–water partition coefficient (Wildman–Crippen LogP) is 4.60. The number of aromatic nitrogens is 2. The number of para-hydroxylation sites is 1. The van der Waals surface area contributed by atoms with Gasteiger partial charge in [-0.15, -0.1) is 0 Å². The molecule has 28 heavy (non-hydrogen) atoms. The predicted molar refractivity (Wildman–Crippen MR) is 103 cm³/mol. The lowest BCUT2D eigenvalue weighted by molar-refractivity contribution is 0.184. The van der Waals surface area contributed by atoms with Gasteiger partial charge < -0.3 is 14.7 Å². The first kappa shape index (κ1) is 18.2. The van der Waals surface area contributed by atoms with Crippen molar-refractivity contribution in [1.82, 2.24) is 15.0 Å². The lowest BCUT2D eigenvalue weighted by atomic mass is 9.98. The molecule has 1 N–H and O–H groups in total. The molecule has 0 radical (unpaired) electrons.